The van der Waals surface area contributed by atoms with Crippen LogP contribution in [-0.4, -0.2) is 53.4 Å². The van der Waals surface area contributed by atoms with E-state index < -0.39 is 18.5 Å². The zero-order chi connectivity index (χ0) is 12.6. The Morgan fingerprint density at radius 2 is 1.94 bits per heavy atom. The highest BCUT2D eigenvalue weighted by atomic mass is 16.4. The van der Waals surface area contributed by atoms with E-state index in [-0.39, 0.29) is 13.2 Å². The van der Waals surface area contributed by atoms with Crippen LogP contribution in [0.25, 0.3) is 0 Å². The first-order valence-electron chi connectivity index (χ1n) is 5.32. The summed E-state index contributed by atoms with van der Waals surface area (Å²) in [5, 5.41) is 19.5. The SMILES string of the molecule is CC(C)CCN(CCO)C(=O)NCC(=O)O. The van der Waals surface area contributed by atoms with Gasteiger partial charge < -0.3 is 20.4 Å². The lowest BCUT2D eigenvalue weighted by molar-refractivity contribution is -0.135. The van der Waals surface area contributed by atoms with Crippen LogP contribution < -0.4 is 5.32 Å². The summed E-state index contributed by atoms with van der Waals surface area (Å²) < 4.78 is 0. The van der Waals surface area contributed by atoms with Gasteiger partial charge in [0.1, 0.15) is 6.54 Å². The van der Waals surface area contributed by atoms with E-state index >= 15 is 0 Å². The molecule has 0 aromatic carbocycles. The van der Waals surface area contributed by atoms with Crippen LogP contribution in [0.1, 0.15) is 20.3 Å². The van der Waals surface area contributed by atoms with Crippen LogP contribution in [0, 0.1) is 5.92 Å². The van der Waals surface area contributed by atoms with E-state index in [1.807, 2.05) is 13.8 Å². The van der Waals surface area contributed by atoms with Crippen molar-refractivity contribution in [2.45, 2.75) is 20.3 Å². The minimum atomic E-state index is -1.08. The number of nitrogens with one attached hydrogen (secondary N) is 1. The number of amides is 2. The second-order valence-electron chi connectivity index (χ2n) is 3.95. The molecule has 16 heavy (non-hydrogen) atoms. The van der Waals surface area contributed by atoms with Crippen LogP contribution in [0.5, 0.6) is 0 Å². The lowest BCUT2D eigenvalue weighted by Crippen LogP contribution is -2.44. The largest absolute Gasteiger partial charge is 0.480 e. The second-order valence-corrected chi connectivity index (χ2v) is 3.95. The predicted molar refractivity (Wildman–Crippen MR) is 59.1 cm³/mol. The van der Waals surface area contributed by atoms with Gasteiger partial charge in [-0.2, -0.15) is 0 Å². The molecular weight excluding hydrogens is 212 g/mol. The number of rotatable bonds is 7. The van der Waals surface area contributed by atoms with Gasteiger partial charge in [0.25, 0.3) is 0 Å². The van der Waals surface area contributed by atoms with E-state index in [9.17, 15) is 9.59 Å². The number of carboxylic acid groups (broad SMARTS) is 1. The smallest absolute Gasteiger partial charge is 0.323 e. The molecule has 0 rings (SSSR count). The van der Waals surface area contributed by atoms with Crippen molar-refractivity contribution in [2.75, 3.05) is 26.2 Å². The third kappa shape index (κ3) is 7.05. The molecule has 0 aliphatic heterocycles. The van der Waals surface area contributed by atoms with Gasteiger partial charge in [0.15, 0.2) is 0 Å². The Hall–Kier alpha value is -1.30. The van der Waals surface area contributed by atoms with Crippen LogP contribution in [0.15, 0.2) is 0 Å². The molecule has 0 aromatic rings. The van der Waals surface area contributed by atoms with E-state index in [2.05, 4.69) is 5.32 Å². The Bertz CT molecular complexity index is 231. The maximum atomic E-state index is 11.5. The fourth-order valence-corrected chi connectivity index (χ4v) is 1.11. The van der Waals surface area contributed by atoms with Crippen molar-refractivity contribution >= 4 is 12.0 Å². The van der Waals surface area contributed by atoms with Crippen molar-refractivity contribution < 1.29 is 19.8 Å². The monoisotopic (exact) mass is 232 g/mol. The van der Waals surface area contributed by atoms with Gasteiger partial charge in [-0.05, 0) is 12.3 Å². The van der Waals surface area contributed by atoms with Crippen molar-refractivity contribution in [3.8, 4) is 0 Å². The summed E-state index contributed by atoms with van der Waals surface area (Å²) in [6.45, 7) is 4.28. The van der Waals surface area contributed by atoms with Crippen molar-refractivity contribution in [2.24, 2.45) is 5.92 Å². The number of hydrogen-bond donors (Lipinski definition) is 3. The van der Waals surface area contributed by atoms with E-state index in [0.717, 1.165) is 6.42 Å². The highest BCUT2D eigenvalue weighted by molar-refractivity contribution is 5.79. The fraction of sp³-hybridized carbons (Fsp3) is 0.800. The summed E-state index contributed by atoms with van der Waals surface area (Å²) in [6, 6.07) is -0.447. The van der Waals surface area contributed by atoms with Crippen molar-refractivity contribution in [3.63, 3.8) is 0 Å². The quantitative estimate of drug-likeness (QED) is 0.581. The molecule has 0 radical (unpaired) electrons. The van der Waals surface area contributed by atoms with Crippen LogP contribution >= 0.6 is 0 Å². The summed E-state index contributed by atoms with van der Waals surface area (Å²) in [5.74, 6) is -0.630. The summed E-state index contributed by atoms with van der Waals surface area (Å²) in [6.07, 6.45) is 0.820. The van der Waals surface area contributed by atoms with Crippen molar-refractivity contribution in [1.29, 1.82) is 0 Å². The Balaban J connectivity index is 4.07. The maximum absolute atomic E-state index is 11.5. The molecule has 0 aromatic heterocycles. The molecule has 0 saturated heterocycles. The number of aliphatic hydroxyl groups excluding tert-OH is 1. The van der Waals surface area contributed by atoms with Gasteiger partial charge in [-0.25, -0.2) is 4.79 Å². The first kappa shape index (κ1) is 14.7. The minimum Gasteiger partial charge on any atom is -0.480 e. The number of hydrogen-bond acceptors (Lipinski definition) is 3. The van der Waals surface area contributed by atoms with Gasteiger partial charge in [0.05, 0.1) is 6.61 Å². The van der Waals surface area contributed by atoms with Crippen LogP contribution in [-0.2, 0) is 4.79 Å². The van der Waals surface area contributed by atoms with Crippen LogP contribution in [0.3, 0.4) is 0 Å². The van der Waals surface area contributed by atoms with Crippen LogP contribution in [0.2, 0.25) is 0 Å². The molecule has 0 unspecified atom stereocenters. The molecule has 6 nitrogen and oxygen atoms in total. The van der Waals surface area contributed by atoms with Gasteiger partial charge in [-0.1, -0.05) is 13.8 Å². The Kier molecular flexibility index (Phi) is 7.28. The molecule has 0 aliphatic carbocycles. The molecule has 0 heterocycles. The van der Waals surface area contributed by atoms with Crippen LogP contribution in [0.4, 0.5) is 4.79 Å². The highest BCUT2D eigenvalue weighted by Crippen LogP contribution is 2.02. The normalized spacial score (nSPS) is 10.2. The van der Waals surface area contributed by atoms with Crippen molar-refractivity contribution in [1.82, 2.24) is 10.2 Å². The van der Waals surface area contributed by atoms with Gasteiger partial charge in [-0.3, -0.25) is 4.79 Å². The summed E-state index contributed by atoms with van der Waals surface area (Å²) in [7, 11) is 0. The van der Waals surface area contributed by atoms with Gasteiger partial charge in [-0.15, -0.1) is 0 Å². The summed E-state index contributed by atoms with van der Waals surface area (Å²) >= 11 is 0. The third-order valence-corrected chi connectivity index (χ3v) is 2.02. The molecule has 0 fully saturated rings. The van der Waals surface area contributed by atoms with Gasteiger partial charge in [0, 0.05) is 13.1 Å². The zero-order valence-corrected chi connectivity index (χ0v) is 9.77. The molecule has 94 valence electrons. The molecule has 0 atom stereocenters. The first-order valence-corrected chi connectivity index (χ1v) is 5.32. The van der Waals surface area contributed by atoms with E-state index in [4.69, 9.17) is 10.2 Å². The fourth-order valence-electron chi connectivity index (χ4n) is 1.11. The first-order chi connectivity index (χ1) is 7.47. The average molecular weight is 232 g/mol. The van der Waals surface area contributed by atoms with E-state index in [0.29, 0.717) is 12.5 Å². The van der Waals surface area contributed by atoms with E-state index in [1.165, 1.54) is 4.90 Å². The van der Waals surface area contributed by atoms with Gasteiger partial charge >= 0.3 is 12.0 Å². The molecule has 2 amide bonds. The summed E-state index contributed by atoms with van der Waals surface area (Å²) in [5.41, 5.74) is 0. The topological polar surface area (TPSA) is 89.9 Å². The standard InChI is InChI=1S/C10H20N2O4/c1-8(2)3-4-12(5-6-13)10(16)11-7-9(14)15/h8,13H,3-7H2,1-2H3,(H,11,16)(H,14,15). The zero-order valence-electron chi connectivity index (χ0n) is 9.77. The molecule has 6 heteroatoms. The number of aliphatic hydroxyl groups is 1. The molecule has 3 N–H and O–H groups in total. The third-order valence-electron chi connectivity index (χ3n) is 2.02. The molecule has 0 saturated carbocycles. The number of carbonyl (C=O) groups is 2. The van der Waals surface area contributed by atoms with E-state index in [1.54, 1.807) is 0 Å². The molecular formula is C10H20N2O4. The Labute approximate surface area is 95.2 Å². The Morgan fingerprint density at radius 1 is 1.31 bits per heavy atom. The lowest BCUT2D eigenvalue weighted by Gasteiger charge is -2.22. The lowest BCUT2D eigenvalue weighted by atomic mass is 10.1. The highest BCUT2D eigenvalue weighted by Gasteiger charge is 2.13. The maximum Gasteiger partial charge on any atom is 0.323 e. The number of nitrogens with zero attached hydrogens (tertiary/aromatic N) is 1. The number of carbonyl (C=O) groups excluding carboxylic acids is 1. The van der Waals surface area contributed by atoms with Gasteiger partial charge in [0.2, 0.25) is 0 Å². The number of urea groups is 1. The number of carboxylic acids is 1. The molecule has 0 aliphatic rings. The average Bonchev–Trinajstić information content (AvgIpc) is 2.20. The van der Waals surface area contributed by atoms with Crippen molar-refractivity contribution in [3.05, 3.63) is 0 Å². The predicted octanol–water partition coefficient (Wildman–Crippen LogP) is 0.121. The Morgan fingerprint density at radius 3 is 2.38 bits per heavy atom. The minimum absolute atomic E-state index is 0.126. The molecule has 0 bridgehead atoms. The summed E-state index contributed by atoms with van der Waals surface area (Å²) in [4.78, 5) is 23.2. The number of aliphatic carboxylic acids is 1. The molecule has 0 spiro atoms. The second kappa shape index (κ2) is 7.92.